The predicted octanol–water partition coefficient (Wildman–Crippen LogP) is 4.38. The molecule has 1 unspecified atom stereocenters. The molecule has 0 saturated heterocycles. The molecular formula is C22H43NO4. The van der Waals surface area contributed by atoms with Gasteiger partial charge in [-0.1, -0.05) is 45.3 Å². The fraction of sp³-hybridized carbons (Fsp3) is 0.864. The molecule has 0 rings (SSSR count). The van der Waals surface area contributed by atoms with Crippen LogP contribution in [0.5, 0.6) is 0 Å². The van der Waals surface area contributed by atoms with Gasteiger partial charge < -0.3 is 19.9 Å². The lowest BCUT2D eigenvalue weighted by molar-refractivity contribution is -0.157. The molecule has 0 radical (unpaired) electrons. The van der Waals surface area contributed by atoms with Crippen LogP contribution in [0.3, 0.4) is 0 Å². The fourth-order valence-corrected chi connectivity index (χ4v) is 2.70. The first-order valence-corrected chi connectivity index (χ1v) is 11.0. The summed E-state index contributed by atoms with van der Waals surface area (Å²) in [4.78, 5) is 12.1. The average molecular weight is 386 g/mol. The Bertz CT molecular complexity index is 347. The number of unbranched alkanes of at least 4 members (excludes halogenated alkanes) is 6. The maximum atomic E-state index is 12.1. The number of aliphatic hydroxyl groups is 1. The number of nitrogens with one attached hydrogen (secondary N) is 1. The van der Waals surface area contributed by atoms with E-state index in [2.05, 4.69) is 24.4 Å². The molecular weight excluding hydrogens is 342 g/mol. The van der Waals surface area contributed by atoms with E-state index >= 15 is 0 Å². The van der Waals surface area contributed by atoms with Gasteiger partial charge in [-0.05, 0) is 64.5 Å². The van der Waals surface area contributed by atoms with E-state index in [1.165, 1.54) is 12.8 Å². The van der Waals surface area contributed by atoms with E-state index in [0.717, 1.165) is 64.5 Å². The van der Waals surface area contributed by atoms with E-state index in [9.17, 15) is 4.79 Å². The maximum absolute atomic E-state index is 12.1. The van der Waals surface area contributed by atoms with Crippen molar-refractivity contribution in [3.63, 3.8) is 0 Å². The molecule has 0 amide bonds. The van der Waals surface area contributed by atoms with Crippen molar-refractivity contribution in [2.75, 3.05) is 32.9 Å². The van der Waals surface area contributed by atoms with Crippen LogP contribution >= 0.6 is 0 Å². The highest BCUT2D eigenvalue weighted by Crippen LogP contribution is 2.07. The van der Waals surface area contributed by atoms with Gasteiger partial charge in [0.05, 0.1) is 6.61 Å². The van der Waals surface area contributed by atoms with Gasteiger partial charge in [0.25, 0.3) is 0 Å². The molecule has 5 heteroatoms. The maximum Gasteiger partial charge on any atom is 0.335 e. The lowest BCUT2D eigenvalue weighted by Crippen LogP contribution is -2.26. The summed E-state index contributed by atoms with van der Waals surface area (Å²) in [6.45, 7) is 7.38. The number of carbonyl (C=O) groups excluding carboxylic acids is 1. The first-order valence-electron chi connectivity index (χ1n) is 11.0. The highest BCUT2D eigenvalue weighted by molar-refractivity contribution is 5.74. The molecule has 0 fully saturated rings. The molecule has 27 heavy (non-hydrogen) atoms. The smallest absolute Gasteiger partial charge is 0.335 e. The van der Waals surface area contributed by atoms with E-state index in [0.29, 0.717) is 19.6 Å². The van der Waals surface area contributed by atoms with Gasteiger partial charge in [-0.3, -0.25) is 0 Å². The molecule has 0 aromatic carbocycles. The molecule has 2 N–H and O–H groups in total. The van der Waals surface area contributed by atoms with Gasteiger partial charge in [-0.25, -0.2) is 4.79 Å². The normalized spacial score (nSPS) is 12.6. The van der Waals surface area contributed by atoms with Crippen molar-refractivity contribution in [1.82, 2.24) is 5.32 Å². The van der Waals surface area contributed by atoms with Crippen molar-refractivity contribution in [3.8, 4) is 0 Å². The number of aliphatic hydroxyl groups excluding tert-OH is 1. The number of carbonyl (C=O) groups is 1. The number of esters is 1. The molecule has 0 bridgehead atoms. The first-order chi connectivity index (χ1) is 13.3. The predicted molar refractivity (Wildman–Crippen MR) is 112 cm³/mol. The highest BCUT2D eigenvalue weighted by Gasteiger charge is 2.18. The number of allylic oxidation sites excluding steroid dienone is 2. The summed E-state index contributed by atoms with van der Waals surface area (Å²) in [7, 11) is 0. The number of rotatable bonds is 20. The summed E-state index contributed by atoms with van der Waals surface area (Å²) in [5.74, 6) is -0.212. The van der Waals surface area contributed by atoms with Gasteiger partial charge in [0, 0.05) is 13.2 Å². The van der Waals surface area contributed by atoms with E-state index in [4.69, 9.17) is 14.6 Å². The van der Waals surface area contributed by atoms with Gasteiger partial charge in [0.1, 0.15) is 0 Å². The van der Waals surface area contributed by atoms with Crippen LogP contribution in [-0.4, -0.2) is 50.1 Å². The van der Waals surface area contributed by atoms with Gasteiger partial charge in [-0.15, -0.1) is 0 Å². The fourth-order valence-electron chi connectivity index (χ4n) is 2.70. The third kappa shape index (κ3) is 18.2. The van der Waals surface area contributed by atoms with Crippen LogP contribution in [0.1, 0.15) is 84.5 Å². The molecule has 5 nitrogen and oxygen atoms in total. The van der Waals surface area contributed by atoms with Gasteiger partial charge in [0.2, 0.25) is 0 Å². The minimum Gasteiger partial charge on any atom is -0.464 e. The zero-order valence-electron chi connectivity index (χ0n) is 17.7. The number of hydrogen-bond donors (Lipinski definition) is 2. The van der Waals surface area contributed by atoms with Crippen molar-refractivity contribution in [2.24, 2.45) is 0 Å². The molecule has 160 valence electrons. The lowest BCUT2D eigenvalue weighted by Gasteiger charge is -2.15. The van der Waals surface area contributed by atoms with E-state index in [1.807, 2.05) is 6.92 Å². The average Bonchev–Trinajstić information content (AvgIpc) is 2.68. The summed E-state index contributed by atoms with van der Waals surface area (Å²) in [6, 6.07) is 0. The topological polar surface area (TPSA) is 67.8 Å². The molecule has 1 atom stereocenters. The zero-order valence-corrected chi connectivity index (χ0v) is 17.7. The largest absolute Gasteiger partial charge is 0.464 e. The van der Waals surface area contributed by atoms with E-state index in [-0.39, 0.29) is 12.6 Å². The second-order valence-corrected chi connectivity index (χ2v) is 6.91. The van der Waals surface area contributed by atoms with E-state index in [1.54, 1.807) is 0 Å². The quantitative estimate of drug-likeness (QED) is 0.185. The zero-order chi connectivity index (χ0) is 20.0. The van der Waals surface area contributed by atoms with Gasteiger partial charge in [0.15, 0.2) is 6.10 Å². The third-order valence-electron chi connectivity index (χ3n) is 4.37. The summed E-state index contributed by atoms with van der Waals surface area (Å²) in [5.41, 5.74) is 0. The highest BCUT2D eigenvalue weighted by atomic mass is 16.6. The molecule has 0 aliphatic rings. The first kappa shape index (κ1) is 26.1. The summed E-state index contributed by atoms with van der Waals surface area (Å²) >= 11 is 0. The summed E-state index contributed by atoms with van der Waals surface area (Å²) in [6.07, 6.45) is 15.2. The molecule has 0 aliphatic heterocycles. The molecule has 0 spiro atoms. The van der Waals surface area contributed by atoms with Crippen molar-refractivity contribution in [2.45, 2.75) is 90.6 Å². The SMILES string of the molecule is CC/C=C\CCCCOC(CC)C(=O)OCCCCCCCNCCCO. The minimum atomic E-state index is -0.416. The molecule has 0 aliphatic carbocycles. The van der Waals surface area contributed by atoms with Crippen LogP contribution in [0.4, 0.5) is 0 Å². The molecule has 0 aromatic heterocycles. The van der Waals surface area contributed by atoms with Crippen molar-refractivity contribution in [1.29, 1.82) is 0 Å². The van der Waals surface area contributed by atoms with Crippen molar-refractivity contribution in [3.05, 3.63) is 12.2 Å². The standard InChI is InChI=1S/C22H43NO4/c1-3-5-6-7-10-13-19-26-21(4-2)22(25)27-20-14-11-8-9-12-16-23-17-15-18-24/h5-6,21,23-24H,3-4,7-20H2,1-2H3/b6-5-. The van der Waals surface area contributed by atoms with Crippen molar-refractivity contribution >= 4 is 5.97 Å². The second kappa shape index (κ2) is 21.4. The Hall–Kier alpha value is -0.910. The van der Waals surface area contributed by atoms with Crippen LogP contribution in [0.15, 0.2) is 12.2 Å². The number of hydrogen-bond acceptors (Lipinski definition) is 5. The van der Waals surface area contributed by atoms with E-state index < -0.39 is 6.10 Å². The monoisotopic (exact) mass is 385 g/mol. The molecule has 0 saturated carbocycles. The van der Waals surface area contributed by atoms with Crippen LogP contribution in [-0.2, 0) is 14.3 Å². The Morgan fingerprint density at radius 1 is 0.926 bits per heavy atom. The van der Waals surface area contributed by atoms with Gasteiger partial charge >= 0.3 is 5.97 Å². The third-order valence-corrected chi connectivity index (χ3v) is 4.37. The van der Waals surface area contributed by atoms with Crippen molar-refractivity contribution < 1.29 is 19.4 Å². The van der Waals surface area contributed by atoms with Crippen LogP contribution in [0.2, 0.25) is 0 Å². The Kier molecular flexibility index (Phi) is 20.7. The van der Waals surface area contributed by atoms with Crippen LogP contribution in [0.25, 0.3) is 0 Å². The summed E-state index contributed by atoms with van der Waals surface area (Å²) < 4.78 is 11.1. The Morgan fingerprint density at radius 3 is 2.37 bits per heavy atom. The molecule has 0 heterocycles. The van der Waals surface area contributed by atoms with Crippen LogP contribution < -0.4 is 5.32 Å². The number of ether oxygens (including phenoxy) is 2. The Morgan fingerprint density at radius 2 is 1.63 bits per heavy atom. The Labute approximate surface area is 166 Å². The van der Waals surface area contributed by atoms with Crippen LogP contribution in [0, 0.1) is 0 Å². The summed E-state index contributed by atoms with van der Waals surface area (Å²) in [5, 5.41) is 12.0. The van der Waals surface area contributed by atoms with Gasteiger partial charge in [-0.2, -0.15) is 0 Å². The Balaban J connectivity index is 3.50. The lowest BCUT2D eigenvalue weighted by atomic mass is 10.1. The second-order valence-electron chi connectivity index (χ2n) is 6.91. The minimum absolute atomic E-state index is 0.212. The molecule has 0 aromatic rings.